The van der Waals surface area contributed by atoms with Gasteiger partial charge in [0.2, 0.25) is 5.88 Å². The molecular formula is C21H21ClN4O3. The minimum atomic E-state index is -0.415. The van der Waals surface area contributed by atoms with Crippen molar-refractivity contribution in [3.05, 3.63) is 71.6 Å². The maximum atomic E-state index is 12.2. The lowest BCUT2D eigenvalue weighted by Gasteiger charge is -2.14. The van der Waals surface area contributed by atoms with Gasteiger partial charge in [0.25, 0.3) is 0 Å². The molecule has 7 nitrogen and oxygen atoms in total. The molecule has 0 aliphatic rings. The molecule has 0 bridgehead atoms. The van der Waals surface area contributed by atoms with Gasteiger partial charge in [-0.3, -0.25) is 0 Å². The van der Waals surface area contributed by atoms with Crippen molar-refractivity contribution < 1.29 is 14.3 Å². The summed E-state index contributed by atoms with van der Waals surface area (Å²) in [5.41, 5.74) is 1.14. The predicted octanol–water partition coefficient (Wildman–Crippen LogP) is 5.03. The molecule has 2 heterocycles. The Labute approximate surface area is 174 Å². The third-order valence-electron chi connectivity index (χ3n) is 3.81. The van der Waals surface area contributed by atoms with Crippen LogP contribution >= 0.6 is 11.6 Å². The van der Waals surface area contributed by atoms with Crippen molar-refractivity contribution in [1.29, 1.82) is 0 Å². The molecule has 0 atom stereocenters. The number of anilines is 1. The Morgan fingerprint density at radius 3 is 2.59 bits per heavy atom. The number of urea groups is 1. The van der Waals surface area contributed by atoms with Gasteiger partial charge in [-0.25, -0.2) is 14.8 Å². The summed E-state index contributed by atoms with van der Waals surface area (Å²) in [5, 5.41) is 5.64. The van der Waals surface area contributed by atoms with Crippen molar-refractivity contribution in [1.82, 2.24) is 15.3 Å². The van der Waals surface area contributed by atoms with Gasteiger partial charge < -0.3 is 20.1 Å². The Balaban J connectivity index is 1.67. The van der Waals surface area contributed by atoms with E-state index in [9.17, 15) is 4.79 Å². The summed E-state index contributed by atoms with van der Waals surface area (Å²) in [4.78, 5) is 20.4. The van der Waals surface area contributed by atoms with E-state index in [-0.39, 0.29) is 11.7 Å². The quantitative estimate of drug-likeness (QED) is 0.506. The smallest absolute Gasteiger partial charge is 0.319 e. The van der Waals surface area contributed by atoms with Crippen molar-refractivity contribution in [2.45, 2.75) is 19.9 Å². The molecule has 2 amide bonds. The van der Waals surface area contributed by atoms with Gasteiger partial charge in [-0.1, -0.05) is 36.7 Å². The van der Waals surface area contributed by atoms with Gasteiger partial charge in [0.1, 0.15) is 0 Å². The molecule has 0 aliphatic carbocycles. The number of amides is 2. The zero-order valence-corrected chi connectivity index (χ0v) is 16.6. The number of benzene rings is 1. The number of hydrogen-bond acceptors (Lipinski definition) is 5. The summed E-state index contributed by atoms with van der Waals surface area (Å²) in [5.74, 6) is 1.59. The SMILES string of the molecule is CCCOc1ccccc1Oc1ncccc1CNC(=O)Nc1cccnc1Cl. The molecule has 150 valence electrons. The Kier molecular flexibility index (Phi) is 7.24. The average molecular weight is 413 g/mol. The van der Waals surface area contributed by atoms with Crippen LogP contribution in [-0.4, -0.2) is 22.6 Å². The maximum absolute atomic E-state index is 12.2. The number of hydrogen-bond donors (Lipinski definition) is 2. The zero-order valence-electron chi connectivity index (χ0n) is 15.9. The minimum Gasteiger partial charge on any atom is -0.490 e. The first-order chi connectivity index (χ1) is 14.2. The highest BCUT2D eigenvalue weighted by Crippen LogP contribution is 2.31. The van der Waals surface area contributed by atoms with Gasteiger partial charge in [0.05, 0.1) is 12.3 Å². The van der Waals surface area contributed by atoms with E-state index in [0.29, 0.717) is 35.2 Å². The number of carbonyl (C=O) groups excluding carboxylic acids is 1. The lowest BCUT2D eigenvalue weighted by atomic mass is 10.2. The number of carbonyl (C=O) groups is 1. The number of nitrogens with one attached hydrogen (secondary N) is 2. The Hall–Kier alpha value is -3.32. The van der Waals surface area contributed by atoms with Gasteiger partial charge >= 0.3 is 6.03 Å². The van der Waals surface area contributed by atoms with Gasteiger partial charge in [-0.15, -0.1) is 0 Å². The largest absolute Gasteiger partial charge is 0.490 e. The van der Waals surface area contributed by atoms with Crippen LogP contribution in [-0.2, 0) is 6.54 Å². The molecule has 3 aromatic rings. The van der Waals surface area contributed by atoms with E-state index >= 15 is 0 Å². The minimum absolute atomic E-state index is 0.213. The van der Waals surface area contributed by atoms with Crippen molar-refractivity contribution in [3.8, 4) is 17.4 Å². The van der Waals surface area contributed by atoms with Gasteiger partial charge in [0.15, 0.2) is 16.7 Å². The first-order valence-electron chi connectivity index (χ1n) is 9.16. The van der Waals surface area contributed by atoms with Gasteiger partial charge in [-0.05, 0) is 36.8 Å². The normalized spacial score (nSPS) is 10.3. The number of pyridine rings is 2. The molecule has 0 saturated heterocycles. The third kappa shape index (κ3) is 5.83. The van der Waals surface area contributed by atoms with Crippen molar-refractivity contribution in [2.75, 3.05) is 11.9 Å². The highest BCUT2D eigenvalue weighted by Gasteiger charge is 2.12. The van der Waals surface area contributed by atoms with Crippen molar-refractivity contribution in [2.24, 2.45) is 0 Å². The number of nitrogens with zero attached hydrogens (tertiary/aromatic N) is 2. The molecule has 0 spiro atoms. The highest BCUT2D eigenvalue weighted by atomic mass is 35.5. The molecule has 2 N–H and O–H groups in total. The molecular weight excluding hydrogens is 392 g/mol. The summed E-state index contributed by atoms with van der Waals surface area (Å²) in [6.07, 6.45) is 4.07. The molecule has 0 saturated carbocycles. The van der Waals surface area contributed by atoms with Crippen LogP contribution < -0.4 is 20.1 Å². The van der Waals surface area contributed by atoms with Crippen LogP contribution in [0, 0.1) is 0 Å². The fourth-order valence-electron chi connectivity index (χ4n) is 2.44. The molecule has 3 rings (SSSR count). The molecule has 0 fully saturated rings. The second-order valence-corrected chi connectivity index (χ2v) is 6.37. The number of rotatable bonds is 8. The lowest BCUT2D eigenvalue weighted by molar-refractivity contribution is 0.251. The number of ether oxygens (including phenoxy) is 2. The summed E-state index contributed by atoms with van der Waals surface area (Å²) >= 11 is 5.96. The second-order valence-electron chi connectivity index (χ2n) is 6.01. The number of para-hydroxylation sites is 2. The summed E-state index contributed by atoms with van der Waals surface area (Å²) in [7, 11) is 0. The summed E-state index contributed by atoms with van der Waals surface area (Å²) in [6, 6.07) is 13.9. The van der Waals surface area contributed by atoms with Crippen LogP contribution in [0.15, 0.2) is 60.9 Å². The van der Waals surface area contributed by atoms with Crippen molar-refractivity contribution in [3.63, 3.8) is 0 Å². The van der Waals surface area contributed by atoms with Crippen LogP contribution in [0.5, 0.6) is 17.4 Å². The predicted molar refractivity (Wildman–Crippen MR) is 112 cm³/mol. The number of aromatic nitrogens is 2. The molecule has 1 aromatic carbocycles. The Morgan fingerprint density at radius 2 is 1.79 bits per heavy atom. The topological polar surface area (TPSA) is 85.4 Å². The fourth-order valence-corrected chi connectivity index (χ4v) is 2.61. The van der Waals surface area contributed by atoms with Crippen LogP contribution in [0.3, 0.4) is 0 Å². The van der Waals surface area contributed by atoms with Gasteiger partial charge in [-0.2, -0.15) is 0 Å². The van der Waals surface area contributed by atoms with E-state index < -0.39 is 6.03 Å². The molecule has 0 radical (unpaired) electrons. The molecule has 0 unspecified atom stereocenters. The Morgan fingerprint density at radius 1 is 1.03 bits per heavy atom. The first kappa shape index (κ1) is 20.4. The van der Waals surface area contributed by atoms with E-state index in [4.69, 9.17) is 21.1 Å². The molecule has 0 aliphatic heterocycles. The van der Waals surface area contributed by atoms with E-state index in [1.54, 1.807) is 30.6 Å². The maximum Gasteiger partial charge on any atom is 0.319 e. The standard InChI is InChI=1S/C21H21ClN4O3/c1-2-13-28-17-9-3-4-10-18(17)29-20-15(7-5-12-24-20)14-25-21(27)26-16-8-6-11-23-19(16)22/h3-12H,2,13-14H2,1H3,(H2,25,26,27). The van der Waals surface area contributed by atoms with E-state index in [2.05, 4.69) is 20.6 Å². The summed E-state index contributed by atoms with van der Waals surface area (Å²) in [6.45, 7) is 2.84. The average Bonchev–Trinajstić information content (AvgIpc) is 2.74. The van der Waals surface area contributed by atoms with Crippen LogP contribution in [0.4, 0.5) is 10.5 Å². The van der Waals surface area contributed by atoms with Crippen LogP contribution in [0.1, 0.15) is 18.9 Å². The second kappa shape index (κ2) is 10.3. The van der Waals surface area contributed by atoms with Gasteiger partial charge in [0, 0.05) is 24.5 Å². The lowest BCUT2D eigenvalue weighted by Crippen LogP contribution is -2.28. The van der Waals surface area contributed by atoms with E-state index in [1.165, 1.54) is 0 Å². The van der Waals surface area contributed by atoms with Crippen molar-refractivity contribution >= 4 is 23.3 Å². The monoisotopic (exact) mass is 412 g/mol. The van der Waals surface area contributed by atoms with Crippen LogP contribution in [0.2, 0.25) is 5.15 Å². The highest BCUT2D eigenvalue weighted by molar-refractivity contribution is 6.32. The molecule has 8 heteroatoms. The zero-order chi connectivity index (χ0) is 20.5. The molecule has 29 heavy (non-hydrogen) atoms. The van der Waals surface area contributed by atoms with E-state index in [0.717, 1.165) is 6.42 Å². The third-order valence-corrected chi connectivity index (χ3v) is 4.12. The first-order valence-corrected chi connectivity index (χ1v) is 9.54. The van der Waals surface area contributed by atoms with Crippen LogP contribution in [0.25, 0.3) is 0 Å². The summed E-state index contributed by atoms with van der Waals surface area (Å²) < 4.78 is 11.7. The molecule has 2 aromatic heterocycles. The fraction of sp³-hybridized carbons (Fsp3) is 0.190. The number of halogens is 1. The van der Waals surface area contributed by atoms with E-state index in [1.807, 2.05) is 37.3 Å². The Bertz CT molecular complexity index is 968.